The average molecular weight is 368 g/mol. The molecule has 6 heteroatoms. The maximum absolute atomic E-state index is 12.1. The number of carbonyl (C=O) groups excluding carboxylic acids is 2. The number of hydrogen-bond donors (Lipinski definition) is 1. The molecule has 0 spiro atoms. The number of piperidine rings is 1. The van der Waals surface area contributed by atoms with Crippen molar-refractivity contribution in [3.05, 3.63) is 0 Å². The van der Waals surface area contributed by atoms with E-state index in [1.165, 1.54) is 0 Å². The zero-order chi connectivity index (χ0) is 20.6. The Bertz CT molecular complexity index is 371. The van der Waals surface area contributed by atoms with Gasteiger partial charge in [0.2, 0.25) is 5.91 Å². The zero-order valence-corrected chi connectivity index (χ0v) is 18.2. The molecule has 1 N–H and O–H groups in total. The van der Waals surface area contributed by atoms with Gasteiger partial charge in [0.15, 0.2) is 0 Å². The van der Waals surface area contributed by atoms with Gasteiger partial charge in [0.1, 0.15) is 5.60 Å². The Hall–Kier alpha value is -1.20. The molecule has 2 amide bonds. The highest BCUT2D eigenvalue weighted by atomic mass is 16.6. The second kappa shape index (κ2) is 16.0. The van der Waals surface area contributed by atoms with Crippen LogP contribution in [-0.4, -0.2) is 49.5 Å². The van der Waals surface area contributed by atoms with E-state index in [2.05, 4.69) is 5.32 Å². The van der Waals surface area contributed by atoms with E-state index in [1.807, 2.05) is 48.5 Å². The molecule has 2 radical (unpaired) electrons. The molecule has 1 aliphatic heterocycles. The van der Waals surface area contributed by atoms with Crippen LogP contribution >= 0.6 is 0 Å². The van der Waals surface area contributed by atoms with Crippen LogP contribution in [0.4, 0.5) is 4.79 Å². The van der Waals surface area contributed by atoms with Crippen LogP contribution in [-0.2, 0) is 9.53 Å². The van der Waals surface area contributed by atoms with Gasteiger partial charge in [0.05, 0.1) is 7.85 Å². The van der Waals surface area contributed by atoms with Crippen molar-refractivity contribution in [2.45, 2.75) is 105 Å². The van der Waals surface area contributed by atoms with Crippen molar-refractivity contribution in [3.63, 3.8) is 0 Å². The van der Waals surface area contributed by atoms with Crippen LogP contribution < -0.4 is 5.32 Å². The van der Waals surface area contributed by atoms with Gasteiger partial charge in [0.25, 0.3) is 0 Å². The quantitative estimate of drug-likeness (QED) is 0.546. The van der Waals surface area contributed by atoms with Crippen LogP contribution in [0.3, 0.4) is 0 Å². The van der Waals surface area contributed by atoms with Gasteiger partial charge in [-0.05, 0) is 40.0 Å². The minimum atomic E-state index is -0.490. The summed E-state index contributed by atoms with van der Waals surface area (Å²) < 4.78 is 5.38. The fourth-order valence-electron chi connectivity index (χ4n) is 2.49. The third kappa shape index (κ3) is 14.0. The van der Waals surface area contributed by atoms with Gasteiger partial charge in [-0.25, -0.2) is 4.79 Å². The number of ether oxygens (including phenoxy) is 1. The Balaban J connectivity index is 0. The fraction of sp³-hybridized carbons (Fsp3) is 0.900. The Kier molecular flexibility index (Phi) is 16.6. The number of nitrogens with zero attached hydrogens (tertiary/aromatic N) is 1. The molecule has 5 nitrogen and oxygen atoms in total. The number of unbranched alkanes of at least 4 members (excludes halogenated alkanes) is 2. The molecule has 26 heavy (non-hydrogen) atoms. The summed E-state index contributed by atoms with van der Waals surface area (Å²) >= 11 is 0. The van der Waals surface area contributed by atoms with Gasteiger partial charge >= 0.3 is 6.09 Å². The molecule has 0 aliphatic carbocycles. The van der Waals surface area contributed by atoms with Gasteiger partial charge in [-0.2, -0.15) is 0 Å². The first-order valence-electron chi connectivity index (χ1n) is 10.3. The summed E-state index contributed by atoms with van der Waals surface area (Å²) in [7, 11) is 5.43. The van der Waals surface area contributed by atoms with Crippen molar-refractivity contribution in [1.29, 1.82) is 0 Å². The SMILES string of the molecule is CC.CC.[B]CCCCCC(=O)NC1CCCN(C(=O)OC(C)(C)C)C1. The van der Waals surface area contributed by atoms with E-state index < -0.39 is 5.60 Å². The second-order valence-corrected chi connectivity index (χ2v) is 6.93. The smallest absolute Gasteiger partial charge is 0.410 e. The minimum Gasteiger partial charge on any atom is -0.444 e. The number of likely N-dealkylation sites (tertiary alicyclic amines) is 1. The summed E-state index contributed by atoms with van der Waals surface area (Å²) in [6, 6.07) is 0.0308. The molecule has 1 rings (SSSR count). The lowest BCUT2D eigenvalue weighted by atomic mass is 9.99. The maximum Gasteiger partial charge on any atom is 0.410 e. The summed E-state index contributed by atoms with van der Waals surface area (Å²) in [6.45, 7) is 14.8. The van der Waals surface area contributed by atoms with E-state index in [4.69, 9.17) is 12.6 Å². The summed E-state index contributed by atoms with van der Waals surface area (Å²) in [5.41, 5.74) is -0.490. The first kappa shape index (κ1) is 27.0. The van der Waals surface area contributed by atoms with Crippen molar-refractivity contribution in [1.82, 2.24) is 10.2 Å². The van der Waals surface area contributed by atoms with E-state index in [0.29, 0.717) is 25.8 Å². The van der Waals surface area contributed by atoms with Crippen LogP contribution in [0, 0.1) is 0 Å². The highest BCUT2D eigenvalue weighted by molar-refractivity contribution is 6.08. The normalized spacial score (nSPS) is 16.4. The number of nitrogens with one attached hydrogen (secondary N) is 1. The predicted molar refractivity (Wildman–Crippen MR) is 111 cm³/mol. The summed E-state index contributed by atoms with van der Waals surface area (Å²) in [4.78, 5) is 25.7. The molecule has 152 valence electrons. The lowest BCUT2D eigenvalue weighted by Crippen LogP contribution is -2.50. The van der Waals surface area contributed by atoms with Crippen molar-refractivity contribution in [2.24, 2.45) is 0 Å². The van der Waals surface area contributed by atoms with Crippen LogP contribution in [0.15, 0.2) is 0 Å². The molecular weight excluding hydrogens is 327 g/mol. The lowest BCUT2D eigenvalue weighted by molar-refractivity contribution is -0.122. The summed E-state index contributed by atoms with van der Waals surface area (Å²) in [6.07, 6.45) is 5.52. The molecule has 0 aromatic carbocycles. The van der Waals surface area contributed by atoms with E-state index >= 15 is 0 Å². The Labute approximate surface area is 163 Å². The van der Waals surface area contributed by atoms with Gasteiger partial charge in [-0.1, -0.05) is 46.9 Å². The second-order valence-electron chi connectivity index (χ2n) is 6.93. The average Bonchev–Trinajstić information content (AvgIpc) is 2.61. The van der Waals surface area contributed by atoms with E-state index in [0.717, 1.165) is 32.1 Å². The zero-order valence-electron chi connectivity index (χ0n) is 18.2. The molecule has 1 fully saturated rings. The van der Waals surface area contributed by atoms with E-state index in [-0.39, 0.29) is 18.0 Å². The maximum atomic E-state index is 12.1. The predicted octanol–water partition coefficient (Wildman–Crippen LogP) is 4.70. The first-order valence-corrected chi connectivity index (χ1v) is 10.3. The first-order chi connectivity index (χ1) is 12.3. The number of carbonyl (C=O) groups is 2. The molecule has 0 bridgehead atoms. The lowest BCUT2D eigenvalue weighted by Gasteiger charge is -2.34. The van der Waals surface area contributed by atoms with Gasteiger partial charge < -0.3 is 15.0 Å². The molecule has 0 aromatic heterocycles. The van der Waals surface area contributed by atoms with Crippen molar-refractivity contribution in [3.8, 4) is 0 Å². The van der Waals surface area contributed by atoms with Crippen molar-refractivity contribution < 1.29 is 14.3 Å². The standard InChI is InChI=1S/C16H29BN2O3.2C2H6/c1-16(2,3)22-15(21)19-11-7-8-13(12-19)18-14(20)9-5-4-6-10-17;2*1-2/h13H,4-12H2,1-3H3,(H,18,20);2*1-2H3. The van der Waals surface area contributed by atoms with Gasteiger partial charge in [0, 0.05) is 25.6 Å². The van der Waals surface area contributed by atoms with Gasteiger partial charge in [-0.15, -0.1) is 0 Å². The highest BCUT2D eigenvalue weighted by Gasteiger charge is 2.28. The summed E-state index contributed by atoms with van der Waals surface area (Å²) in [5.74, 6) is 0.0630. The van der Waals surface area contributed by atoms with Crippen LogP contribution in [0.1, 0.15) is 87.0 Å². The Morgan fingerprint density at radius 2 is 1.73 bits per heavy atom. The van der Waals surface area contributed by atoms with Crippen LogP contribution in [0.5, 0.6) is 0 Å². The molecule has 0 aromatic rings. The molecule has 0 saturated carbocycles. The number of amides is 2. The molecule has 1 saturated heterocycles. The number of rotatable bonds is 6. The van der Waals surface area contributed by atoms with E-state index in [9.17, 15) is 9.59 Å². The van der Waals surface area contributed by atoms with Crippen LogP contribution in [0.25, 0.3) is 0 Å². The minimum absolute atomic E-state index is 0.0308. The van der Waals surface area contributed by atoms with Crippen molar-refractivity contribution >= 4 is 19.8 Å². The Morgan fingerprint density at radius 3 is 2.27 bits per heavy atom. The van der Waals surface area contributed by atoms with Crippen molar-refractivity contribution in [2.75, 3.05) is 13.1 Å². The fourth-order valence-corrected chi connectivity index (χ4v) is 2.49. The molecule has 1 atom stereocenters. The highest BCUT2D eigenvalue weighted by Crippen LogP contribution is 2.15. The topological polar surface area (TPSA) is 58.6 Å². The number of hydrogen-bond acceptors (Lipinski definition) is 3. The molecule has 1 heterocycles. The van der Waals surface area contributed by atoms with Crippen LogP contribution in [0.2, 0.25) is 6.32 Å². The Morgan fingerprint density at radius 1 is 1.12 bits per heavy atom. The third-order valence-corrected chi connectivity index (χ3v) is 3.55. The monoisotopic (exact) mass is 368 g/mol. The third-order valence-electron chi connectivity index (χ3n) is 3.55. The molecule has 1 aliphatic rings. The largest absolute Gasteiger partial charge is 0.444 e. The molecule has 1 unspecified atom stereocenters. The van der Waals surface area contributed by atoms with Gasteiger partial charge in [-0.3, -0.25) is 4.79 Å². The summed E-state index contributed by atoms with van der Waals surface area (Å²) in [5, 5.41) is 3.02. The molecular formula is C20H41BN2O3. The van der Waals surface area contributed by atoms with E-state index in [1.54, 1.807) is 4.90 Å².